The number of piperazine rings is 1. The van der Waals surface area contributed by atoms with Gasteiger partial charge < -0.3 is 9.80 Å². The minimum Gasteiger partial charge on any atom is -0.343 e. The van der Waals surface area contributed by atoms with Gasteiger partial charge in [0.1, 0.15) is 6.33 Å². The molecule has 0 aromatic carbocycles. The van der Waals surface area contributed by atoms with E-state index in [9.17, 15) is 18.0 Å². The van der Waals surface area contributed by atoms with E-state index in [0.29, 0.717) is 37.5 Å². The molecule has 2 aromatic heterocycles. The van der Waals surface area contributed by atoms with E-state index in [2.05, 4.69) is 20.2 Å². The fourth-order valence-electron chi connectivity index (χ4n) is 2.31. The zero-order valence-corrected chi connectivity index (χ0v) is 13.2. The SMILES string of the molecule is O=C(Cc1cncnc1)N1CCN(c2nnc(C(F)(F)F)s2)CC1. The van der Waals surface area contributed by atoms with Crippen LogP contribution in [0.2, 0.25) is 0 Å². The summed E-state index contributed by atoms with van der Waals surface area (Å²) in [5.41, 5.74) is 0.726. The Labute approximate surface area is 139 Å². The molecule has 0 unspecified atom stereocenters. The second kappa shape index (κ2) is 6.67. The van der Waals surface area contributed by atoms with E-state index in [-0.39, 0.29) is 17.5 Å². The molecule has 0 bridgehead atoms. The number of rotatable bonds is 3. The summed E-state index contributed by atoms with van der Waals surface area (Å²) < 4.78 is 37.7. The summed E-state index contributed by atoms with van der Waals surface area (Å²) >= 11 is 0.517. The number of alkyl halides is 3. The van der Waals surface area contributed by atoms with Crippen molar-refractivity contribution in [2.45, 2.75) is 12.6 Å². The third-order valence-electron chi connectivity index (χ3n) is 3.53. The minimum absolute atomic E-state index is 0.0577. The Balaban J connectivity index is 1.56. The number of hydrogen-bond acceptors (Lipinski definition) is 7. The van der Waals surface area contributed by atoms with Crippen molar-refractivity contribution >= 4 is 22.4 Å². The summed E-state index contributed by atoms with van der Waals surface area (Å²) in [6, 6.07) is 0. The first kappa shape index (κ1) is 16.6. The van der Waals surface area contributed by atoms with Gasteiger partial charge in [0.15, 0.2) is 0 Å². The molecule has 0 atom stereocenters. The predicted octanol–water partition coefficient (Wildman–Crippen LogP) is 1.24. The average molecular weight is 358 g/mol. The van der Waals surface area contributed by atoms with E-state index in [1.165, 1.54) is 6.33 Å². The molecule has 1 fully saturated rings. The molecule has 11 heteroatoms. The van der Waals surface area contributed by atoms with Crippen molar-refractivity contribution < 1.29 is 18.0 Å². The molecule has 0 spiro atoms. The third kappa shape index (κ3) is 3.78. The third-order valence-corrected chi connectivity index (χ3v) is 4.56. The molecule has 0 saturated carbocycles. The van der Waals surface area contributed by atoms with Crippen molar-refractivity contribution in [1.82, 2.24) is 25.1 Å². The van der Waals surface area contributed by atoms with Crippen molar-refractivity contribution in [3.8, 4) is 0 Å². The molecule has 1 saturated heterocycles. The van der Waals surface area contributed by atoms with E-state index in [1.807, 2.05) is 0 Å². The molecular weight excluding hydrogens is 345 g/mol. The smallest absolute Gasteiger partial charge is 0.343 e. The molecule has 0 N–H and O–H groups in total. The number of anilines is 1. The normalized spacial score (nSPS) is 15.6. The number of amides is 1. The molecule has 3 rings (SSSR count). The van der Waals surface area contributed by atoms with E-state index in [1.54, 1.807) is 22.2 Å². The monoisotopic (exact) mass is 358 g/mol. The Bertz CT molecular complexity index is 699. The summed E-state index contributed by atoms with van der Waals surface area (Å²) in [5.74, 6) is -0.0577. The standard InChI is InChI=1S/C13H13F3N6OS/c14-13(15,16)11-19-20-12(24-11)22-3-1-21(2-4-22)10(23)5-9-6-17-8-18-7-9/h6-8H,1-5H2. The van der Waals surface area contributed by atoms with Gasteiger partial charge in [0, 0.05) is 38.6 Å². The molecule has 1 aliphatic heterocycles. The fraction of sp³-hybridized carbons (Fsp3) is 0.462. The number of aromatic nitrogens is 4. The first-order valence-corrected chi connectivity index (χ1v) is 7.92. The molecule has 128 valence electrons. The Morgan fingerprint density at radius 2 is 1.79 bits per heavy atom. The lowest BCUT2D eigenvalue weighted by Crippen LogP contribution is -2.49. The van der Waals surface area contributed by atoms with Crippen LogP contribution >= 0.6 is 11.3 Å². The zero-order valence-electron chi connectivity index (χ0n) is 12.4. The Hall–Kier alpha value is -2.30. The fourth-order valence-corrected chi connectivity index (χ4v) is 3.08. The zero-order chi connectivity index (χ0) is 17.2. The lowest BCUT2D eigenvalue weighted by Gasteiger charge is -2.34. The highest BCUT2D eigenvalue weighted by atomic mass is 32.1. The molecular formula is C13H13F3N6OS. The van der Waals surface area contributed by atoms with Crippen LogP contribution in [0.1, 0.15) is 10.6 Å². The van der Waals surface area contributed by atoms with Gasteiger partial charge in [0.25, 0.3) is 0 Å². The summed E-state index contributed by atoms with van der Waals surface area (Å²) in [7, 11) is 0. The van der Waals surface area contributed by atoms with Gasteiger partial charge in [-0.3, -0.25) is 4.79 Å². The van der Waals surface area contributed by atoms with Crippen LogP contribution < -0.4 is 4.90 Å². The van der Waals surface area contributed by atoms with Crippen LogP contribution in [-0.2, 0) is 17.4 Å². The maximum atomic E-state index is 12.6. The number of carbonyl (C=O) groups excluding carboxylic acids is 1. The van der Waals surface area contributed by atoms with Gasteiger partial charge in [0.05, 0.1) is 6.42 Å². The molecule has 0 aliphatic carbocycles. The van der Waals surface area contributed by atoms with Gasteiger partial charge in [-0.15, -0.1) is 10.2 Å². The lowest BCUT2D eigenvalue weighted by molar-refractivity contribution is -0.138. The van der Waals surface area contributed by atoms with E-state index >= 15 is 0 Å². The van der Waals surface area contributed by atoms with Crippen molar-refractivity contribution in [2.75, 3.05) is 31.1 Å². The largest absolute Gasteiger partial charge is 0.445 e. The van der Waals surface area contributed by atoms with Crippen molar-refractivity contribution in [3.63, 3.8) is 0 Å². The van der Waals surface area contributed by atoms with Crippen LogP contribution in [0.5, 0.6) is 0 Å². The number of hydrogen-bond donors (Lipinski definition) is 0. The molecule has 24 heavy (non-hydrogen) atoms. The van der Waals surface area contributed by atoms with Crippen LogP contribution in [0.15, 0.2) is 18.7 Å². The molecule has 1 aliphatic rings. The van der Waals surface area contributed by atoms with Crippen LogP contribution in [0.4, 0.5) is 18.3 Å². The first-order valence-electron chi connectivity index (χ1n) is 7.11. The number of carbonyl (C=O) groups is 1. The van der Waals surface area contributed by atoms with Crippen LogP contribution in [0, 0.1) is 0 Å². The molecule has 0 radical (unpaired) electrons. The highest BCUT2D eigenvalue weighted by Gasteiger charge is 2.36. The summed E-state index contributed by atoms with van der Waals surface area (Å²) in [5, 5.41) is 6.05. The summed E-state index contributed by atoms with van der Waals surface area (Å²) in [6.07, 6.45) is 0.287. The van der Waals surface area contributed by atoms with Gasteiger partial charge in [-0.05, 0) is 5.56 Å². The van der Waals surface area contributed by atoms with Gasteiger partial charge in [0.2, 0.25) is 16.0 Å². The highest BCUT2D eigenvalue weighted by Crippen LogP contribution is 2.34. The van der Waals surface area contributed by atoms with Crippen LogP contribution in [0.3, 0.4) is 0 Å². The van der Waals surface area contributed by atoms with Gasteiger partial charge in [-0.25, -0.2) is 9.97 Å². The molecule has 2 aromatic rings. The summed E-state index contributed by atoms with van der Waals surface area (Å²) in [4.78, 5) is 23.3. The van der Waals surface area contributed by atoms with Gasteiger partial charge in [-0.1, -0.05) is 11.3 Å². The second-order valence-corrected chi connectivity index (χ2v) is 6.13. The number of nitrogens with zero attached hydrogens (tertiary/aromatic N) is 6. The number of halogens is 3. The molecule has 3 heterocycles. The maximum Gasteiger partial charge on any atom is 0.445 e. The quantitative estimate of drug-likeness (QED) is 0.822. The van der Waals surface area contributed by atoms with Crippen molar-refractivity contribution in [1.29, 1.82) is 0 Å². The predicted molar refractivity (Wildman–Crippen MR) is 79.4 cm³/mol. The summed E-state index contributed by atoms with van der Waals surface area (Å²) in [6.45, 7) is 1.69. The maximum absolute atomic E-state index is 12.6. The van der Waals surface area contributed by atoms with Crippen molar-refractivity contribution in [2.24, 2.45) is 0 Å². The Kier molecular flexibility index (Phi) is 4.60. The lowest BCUT2D eigenvalue weighted by atomic mass is 10.2. The minimum atomic E-state index is -4.48. The first-order chi connectivity index (χ1) is 11.4. The van der Waals surface area contributed by atoms with Crippen LogP contribution in [-0.4, -0.2) is 57.2 Å². The topological polar surface area (TPSA) is 75.1 Å². The van der Waals surface area contributed by atoms with E-state index in [4.69, 9.17) is 0 Å². The average Bonchev–Trinajstić information content (AvgIpc) is 3.06. The Morgan fingerprint density at radius 3 is 2.38 bits per heavy atom. The Morgan fingerprint density at radius 1 is 1.12 bits per heavy atom. The molecule has 7 nitrogen and oxygen atoms in total. The van der Waals surface area contributed by atoms with Gasteiger partial charge in [-0.2, -0.15) is 13.2 Å². The van der Waals surface area contributed by atoms with E-state index < -0.39 is 11.2 Å². The van der Waals surface area contributed by atoms with E-state index in [0.717, 1.165) is 5.56 Å². The van der Waals surface area contributed by atoms with Crippen LogP contribution in [0.25, 0.3) is 0 Å². The van der Waals surface area contributed by atoms with Gasteiger partial charge >= 0.3 is 6.18 Å². The second-order valence-electron chi connectivity index (χ2n) is 5.18. The highest BCUT2D eigenvalue weighted by molar-refractivity contribution is 7.15. The molecule has 1 amide bonds. The van der Waals surface area contributed by atoms with Crippen molar-refractivity contribution in [3.05, 3.63) is 29.3 Å².